The van der Waals surface area contributed by atoms with E-state index in [0.29, 0.717) is 12.1 Å². The van der Waals surface area contributed by atoms with E-state index in [9.17, 15) is 9.59 Å². The van der Waals surface area contributed by atoms with Gasteiger partial charge in [-0.2, -0.15) is 0 Å². The van der Waals surface area contributed by atoms with Crippen LogP contribution in [-0.2, 0) is 9.59 Å². The van der Waals surface area contributed by atoms with Crippen LogP contribution in [0.4, 0.5) is 0 Å². The topological polar surface area (TPSA) is 72.2 Å². The Bertz CT molecular complexity index is 376. The minimum Gasteiger partial charge on any atom is -0.369 e. The van der Waals surface area contributed by atoms with Gasteiger partial charge in [0.1, 0.15) is 5.92 Å². The Morgan fingerprint density at radius 3 is 2.47 bits per heavy atom. The molecule has 1 aromatic carbocycles. The summed E-state index contributed by atoms with van der Waals surface area (Å²) in [6.45, 7) is 2.61. The van der Waals surface area contributed by atoms with Crippen molar-refractivity contribution in [3.05, 3.63) is 35.9 Å². The van der Waals surface area contributed by atoms with Gasteiger partial charge in [-0.05, 0) is 12.0 Å². The van der Waals surface area contributed by atoms with Crippen LogP contribution in [0.15, 0.2) is 30.3 Å². The fourth-order valence-corrected chi connectivity index (χ4v) is 1.58. The Kier molecular flexibility index (Phi) is 5.20. The molecule has 1 unspecified atom stereocenters. The summed E-state index contributed by atoms with van der Waals surface area (Å²) in [5.41, 5.74) is 5.91. The summed E-state index contributed by atoms with van der Waals surface area (Å²) in [6.07, 6.45) is 1.89. The second-order valence-corrected chi connectivity index (χ2v) is 3.89. The fraction of sp³-hybridized carbons (Fsp3) is 0.385. The van der Waals surface area contributed by atoms with E-state index in [2.05, 4.69) is 5.32 Å². The first-order chi connectivity index (χ1) is 8.16. The minimum atomic E-state index is -0.895. The average molecular weight is 234 g/mol. The first-order valence-corrected chi connectivity index (χ1v) is 5.78. The highest BCUT2D eigenvalue weighted by Crippen LogP contribution is 2.15. The number of carbonyl (C=O) groups excluding carboxylic acids is 2. The number of hydrogen-bond donors (Lipinski definition) is 2. The van der Waals surface area contributed by atoms with Gasteiger partial charge in [0.2, 0.25) is 11.8 Å². The molecule has 0 saturated carbocycles. The van der Waals surface area contributed by atoms with Gasteiger partial charge in [-0.25, -0.2) is 0 Å². The Labute approximate surface area is 101 Å². The molecule has 17 heavy (non-hydrogen) atoms. The van der Waals surface area contributed by atoms with E-state index >= 15 is 0 Å². The van der Waals surface area contributed by atoms with Gasteiger partial charge in [0.25, 0.3) is 0 Å². The van der Waals surface area contributed by atoms with Crippen molar-refractivity contribution in [2.75, 3.05) is 6.54 Å². The van der Waals surface area contributed by atoms with Gasteiger partial charge in [-0.15, -0.1) is 0 Å². The molecule has 1 atom stereocenters. The van der Waals surface area contributed by atoms with Crippen LogP contribution in [-0.4, -0.2) is 18.4 Å². The summed E-state index contributed by atoms with van der Waals surface area (Å²) >= 11 is 0. The molecule has 4 nitrogen and oxygen atoms in total. The number of rotatable bonds is 6. The van der Waals surface area contributed by atoms with Crippen molar-refractivity contribution in [3.63, 3.8) is 0 Å². The third kappa shape index (κ3) is 3.90. The van der Waals surface area contributed by atoms with Crippen LogP contribution in [0.2, 0.25) is 0 Å². The maximum atomic E-state index is 11.8. The van der Waals surface area contributed by atoms with E-state index in [4.69, 9.17) is 5.73 Å². The molecule has 0 aliphatic carbocycles. The summed E-state index contributed by atoms with van der Waals surface area (Å²) < 4.78 is 0. The second-order valence-electron chi connectivity index (χ2n) is 3.89. The van der Waals surface area contributed by atoms with Crippen LogP contribution < -0.4 is 11.1 Å². The van der Waals surface area contributed by atoms with E-state index in [0.717, 1.165) is 12.8 Å². The van der Waals surface area contributed by atoms with Crippen LogP contribution in [0, 0.1) is 0 Å². The minimum absolute atomic E-state index is 0.322. The molecule has 3 N–H and O–H groups in total. The summed E-state index contributed by atoms with van der Waals surface area (Å²) in [5, 5.41) is 2.72. The van der Waals surface area contributed by atoms with Crippen molar-refractivity contribution in [2.24, 2.45) is 5.73 Å². The normalized spacial score (nSPS) is 11.8. The molecule has 1 rings (SSSR count). The molecular weight excluding hydrogens is 216 g/mol. The number of primary amides is 1. The third-order valence-electron chi connectivity index (χ3n) is 2.51. The highest BCUT2D eigenvalue weighted by atomic mass is 16.2. The molecular formula is C13H18N2O2. The molecule has 0 saturated heterocycles. The maximum Gasteiger partial charge on any atom is 0.237 e. The van der Waals surface area contributed by atoms with E-state index in [1.807, 2.05) is 13.0 Å². The zero-order chi connectivity index (χ0) is 12.7. The number of benzene rings is 1. The lowest BCUT2D eigenvalue weighted by Crippen LogP contribution is -2.37. The molecule has 4 heteroatoms. The zero-order valence-electron chi connectivity index (χ0n) is 9.98. The lowest BCUT2D eigenvalue weighted by atomic mass is 9.97. The van der Waals surface area contributed by atoms with Gasteiger partial charge < -0.3 is 11.1 Å². The molecule has 0 heterocycles. The lowest BCUT2D eigenvalue weighted by Gasteiger charge is -2.13. The van der Waals surface area contributed by atoms with Crippen LogP contribution in [0.5, 0.6) is 0 Å². The molecule has 1 aromatic rings. The predicted molar refractivity (Wildman–Crippen MR) is 66.3 cm³/mol. The molecule has 0 aromatic heterocycles. The standard InChI is InChI=1S/C13H18N2O2/c1-2-3-9-15-13(17)11(12(14)16)10-7-5-4-6-8-10/h4-8,11H,2-3,9H2,1H3,(H2,14,16)(H,15,17). The molecule has 0 fully saturated rings. The number of carbonyl (C=O) groups is 2. The Balaban J connectivity index is 2.73. The molecule has 2 amide bonds. The molecule has 0 aliphatic rings. The third-order valence-corrected chi connectivity index (χ3v) is 2.51. The van der Waals surface area contributed by atoms with E-state index in [1.165, 1.54) is 0 Å². The van der Waals surface area contributed by atoms with Crippen molar-refractivity contribution in [2.45, 2.75) is 25.7 Å². The van der Waals surface area contributed by atoms with E-state index in [1.54, 1.807) is 24.3 Å². The first kappa shape index (κ1) is 13.2. The summed E-state index contributed by atoms with van der Waals surface area (Å²) in [4.78, 5) is 23.2. The van der Waals surface area contributed by atoms with Crippen LogP contribution in [0.1, 0.15) is 31.2 Å². The lowest BCUT2D eigenvalue weighted by molar-refractivity contribution is -0.129. The quantitative estimate of drug-likeness (QED) is 0.573. The fourth-order valence-electron chi connectivity index (χ4n) is 1.58. The Morgan fingerprint density at radius 2 is 1.94 bits per heavy atom. The average Bonchev–Trinajstić information content (AvgIpc) is 2.30. The summed E-state index contributed by atoms with van der Waals surface area (Å²) in [5.74, 6) is -1.84. The molecule has 0 bridgehead atoms. The van der Waals surface area contributed by atoms with Crippen LogP contribution in [0.25, 0.3) is 0 Å². The highest BCUT2D eigenvalue weighted by molar-refractivity contribution is 6.04. The summed E-state index contributed by atoms with van der Waals surface area (Å²) in [6, 6.07) is 8.86. The van der Waals surface area contributed by atoms with Gasteiger partial charge in [-0.1, -0.05) is 43.7 Å². The first-order valence-electron chi connectivity index (χ1n) is 5.78. The van der Waals surface area contributed by atoms with Crippen molar-refractivity contribution in [3.8, 4) is 0 Å². The number of nitrogens with one attached hydrogen (secondary N) is 1. The molecule has 0 aliphatic heterocycles. The van der Waals surface area contributed by atoms with Crippen molar-refractivity contribution >= 4 is 11.8 Å². The summed E-state index contributed by atoms with van der Waals surface area (Å²) in [7, 11) is 0. The monoisotopic (exact) mass is 234 g/mol. The van der Waals surface area contributed by atoms with Crippen molar-refractivity contribution in [1.29, 1.82) is 0 Å². The Morgan fingerprint density at radius 1 is 1.29 bits per heavy atom. The van der Waals surface area contributed by atoms with E-state index < -0.39 is 11.8 Å². The largest absolute Gasteiger partial charge is 0.369 e. The molecule has 92 valence electrons. The predicted octanol–water partition coefficient (Wildman–Crippen LogP) is 1.17. The number of hydrogen-bond acceptors (Lipinski definition) is 2. The zero-order valence-corrected chi connectivity index (χ0v) is 9.98. The van der Waals surface area contributed by atoms with Gasteiger partial charge >= 0.3 is 0 Å². The maximum absolute atomic E-state index is 11.8. The van der Waals surface area contributed by atoms with Gasteiger partial charge in [0.05, 0.1) is 0 Å². The van der Waals surface area contributed by atoms with Crippen LogP contribution >= 0.6 is 0 Å². The number of nitrogens with two attached hydrogens (primary N) is 1. The molecule has 0 radical (unpaired) electrons. The van der Waals surface area contributed by atoms with Crippen molar-refractivity contribution < 1.29 is 9.59 Å². The van der Waals surface area contributed by atoms with E-state index in [-0.39, 0.29) is 5.91 Å². The van der Waals surface area contributed by atoms with Crippen molar-refractivity contribution in [1.82, 2.24) is 5.32 Å². The number of amides is 2. The highest BCUT2D eigenvalue weighted by Gasteiger charge is 2.25. The van der Waals surface area contributed by atoms with Crippen LogP contribution in [0.3, 0.4) is 0 Å². The SMILES string of the molecule is CCCCNC(=O)C(C(N)=O)c1ccccc1. The Hall–Kier alpha value is -1.84. The second kappa shape index (κ2) is 6.68. The van der Waals surface area contributed by atoms with Gasteiger partial charge in [-0.3, -0.25) is 9.59 Å². The smallest absolute Gasteiger partial charge is 0.237 e. The molecule has 0 spiro atoms. The van der Waals surface area contributed by atoms with Gasteiger partial charge in [0, 0.05) is 6.54 Å². The van der Waals surface area contributed by atoms with Gasteiger partial charge in [0.15, 0.2) is 0 Å². The number of unbranched alkanes of at least 4 members (excludes halogenated alkanes) is 1.